The molecular weight excluding hydrogens is 336 g/mol. The van der Waals surface area contributed by atoms with E-state index in [1.54, 1.807) is 11.0 Å². The summed E-state index contributed by atoms with van der Waals surface area (Å²) in [5.74, 6) is 0.0122. The molecule has 134 valence electrons. The average Bonchev–Trinajstić information content (AvgIpc) is 3.23. The second-order valence-corrected chi connectivity index (χ2v) is 6.58. The Bertz CT molecular complexity index is 1060. The first-order valence-corrected chi connectivity index (χ1v) is 8.91. The molecule has 1 aromatic heterocycles. The number of hydrogen-bond acceptors (Lipinski definition) is 3. The molecule has 27 heavy (non-hydrogen) atoms. The van der Waals surface area contributed by atoms with Crippen molar-refractivity contribution in [1.29, 1.82) is 0 Å². The molecule has 1 unspecified atom stereocenters. The van der Waals surface area contributed by atoms with E-state index in [0.29, 0.717) is 6.42 Å². The number of carbonyl (C=O) groups excluding carboxylic acids is 1. The van der Waals surface area contributed by atoms with Crippen LogP contribution >= 0.6 is 0 Å². The van der Waals surface area contributed by atoms with E-state index in [-0.39, 0.29) is 11.9 Å². The number of aromatic nitrogens is 3. The average molecular weight is 356 g/mol. The second-order valence-electron chi connectivity index (χ2n) is 6.58. The lowest BCUT2D eigenvalue weighted by Gasteiger charge is -2.15. The predicted molar refractivity (Wildman–Crippen MR) is 106 cm³/mol. The summed E-state index contributed by atoms with van der Waals surface area (Å²) in [6.07, 6.45) is 3.53. The molecule has 1 heterocycles. The highest BCUT2D eigenvalue weighted by Crippen LogP contribution is 2.18. The predicted octanol–water partition coefficient (Wildman–Crippen LogP) is 3.84. The van der Waals surface area contributed by atoms with E-state index < -0.39 is 0 Å². The molecule has 0 saturated carbocycles. The summed E-state index contributed by atoms with van der Waals surface area (Å²) in [4.78, 5) is 16.4. The first-order valence-electron chi connectivity index (χ1n) is 8.91. The molecular formula is C22H20N4O. The van der Waals surface area contributed by atoms with Crippen LogP contribution in [0, 0.1) is 0 Å². The standard InChI is InChI=1S/C22H20N4O/c1-16(18-8-10-21(11-9-18)26-15-23-14-24-26)25-22(27)13-17-6-7-19-4-2-3-5-20(19)12-17/h2-12,14-16H,13H2,1H3,(H,25,27). The van der Waals surface area contributed by atoms with Gasteiger partial charge in [-0.05, 0) is 41.0 Å². The third kappa shape index (κ3) is 3.87. The van der Waals surface area contributed by atoms with Gasteiger partial charge in [-0.2, -0.15) is 5.10 Å². The van der Waals surface area contributed by atoms with Crippen molar-refractivity contribution in [2.75, 3.05) is 0 Å². The number of hydrogen-bond donors (Lipinski definition) is 1. The minimum absolute atomic E-state index is 0.0122. The third-order valence-corrected chi connectivity index (χ3v) is 4.63. The van der Waals surface area contributed by atoms with E-state index in [1.165, 1.54) is 11.7 Å². The maximum atomic E-state index is 12.5. The van der Waals surface area contributed by atoms with Crippen molar-refractivity contribution in [3.8, 4) is 5.69 Å². The number of nitrogens with zero attached hydrogens (tertiary/aromatic N) is 3. The van der Waals surface area contributed by atoms with Gasteiger partial charge in [0.05, 0.1) is 18.2 Å². The Morgan fingerprint density at radius 3 is 2.56 bits per heavy atom. The van der Waals surface area contributed by atoms with Gasteiger partial charge in [0.15, 0.2) is 0 Å². The van der Waals surface area contributed by atoms with Crippen LogP contribution in [0.25, 0.3) is 16.5 Å². The first kappa shape index (κ1) is 17.0. The van der Waals surface area contributed by atoms with Gasteiger partial charge < -0.3 is 5.32 Å². The molecule has 0 radical (unpaired) electrons. The molecule has 4 rings (SSSR count). The molecule has 0 fully saturated rings. The van der Waals surface area contributed by atoms with Crippen LogP contribution in [0.5, 0.6) is 0 Å². The number of amides is 1. The Hall–Kier alpha value is -3.47. The first-order chi connectivity index (χ1) is 13.2. The van der Waals surface area contributed by atoms with E-state index in [0.717, 1.165) is 22.2 Å². The SMILES string of the molecule is CC(NC(=O)Cc1ccc2ccccc2c1)c1ccc(-n2cncn2)cc1. The minimum atomic E-state index is -0.0669. The monoisotopic (exact) mass is 356 g/mol. The van der Waals surface area contributed by atoms with Crippen molar-refractivity contribution < 1.29 is 4.79 Å². The highest BCUT2D eigenvalue weighted by atomic mass is 16.1. The van der Waals surface area contributed by atoms with Crippen LogP contribution in [0.3, 0.4) is 0 Å². The smallest absolute Gasteiger partial charge is 0.224 e. The van der Waals surface area contributed by atoms with Crippen LogP contribution in [0.1, 0.15) is 24.1 Å². The number of benzene rings is 3. The molecule has 1 N–H and O–H groups in total. The maximum Gasteiger partial charge on any atom is 0.224 e. The van der Waals surface area contributed by atoms with Gasteiger partial charge >= 0.3 is 0 Å². The van der Waals surface area contributed by atoms with Gasteiger partial charge in [0.2, 0.25) is 5.91 Å². The summed E-state index contributed by atoms with van der Waals surface area (Å²) in [5.41, 5.74) is 3.00. The van der Waals surface area contributed by atoms with E-state index in [1.807, 2.05) is 49.4 Å². The second kappa shape index (κ2) is 7.41. The minimum Gasteiger partial charge on any atom is -0.349 e. The van der Waals surface area contributed by atoms with Gasteiger partial charge in [-0.1, -0.05) is 54.6 Å². The van der Waals surface area contributed by atoms with Crippen molar-refractivity contribution >= 4 is 16.7 Å². The van der Waals surface area contributed by atoms with E-state index in [9.17, 15) is 4.79 Å². The Morgan fingerprint density at radius 1 is 1.04 bits per heavy atom. The fourth-order valence-corrected chi connectivity index (χ4v) is 3.17. The lowest BCUT2D eigenvalue weighted by molar-refractivity contribution is -0.121. The highest BCUT2D eigenvalue weighted by Gasteiger charge is 2.11. The van der Waals surface area contributed by atoms with Crippen LogP contribution in [-0.4, -0.2) is 20.7 Å². The van der Waals surface area contributed by atoms with E-state index in [4.69, 9.17) is 0 Å². The Balaban J connectivity index is 1.41. The Morgan fingerprint density at radius 2 is 1.81 bits per heavy atom. The van der Waals surface area contributed by atoms with E-state index in [2.05, 4.69) is 39.7 Å². The summed E-state index contributed by atoms with van der Waals surface area (Å²) in [6.45, 7) is 1.99. The maximum absolute atomic E-state index is 12.5. The highest BCUT2D eigenvalue weighted by molar-refractivity contribution is 5.85. The summed E-state index contributed by atoms with van der Waals surface area (Å²) < 4.78 is 1.70. The van der Waals surface area contributed by atoms with Crippen molar-refractivity contribution in [2.45, 2.75) is 19.4 Å². The lowest BCUT2D eigenvalue weighted by atomic mass is 10.0. The topological polar surface area (TPSA) is 59.8 Å². The molecule has 0 saturated heterocycles. The summed E-state index contributed by atoms with van der Waals surface area (Å²) in [5, 5.41) is 9.52. The molecule has 5 nitrogen and oxygen atoms in total. The Labute approximate surface area is 157 Å². The zero-order valence-electron chi connectivity index (χ0n) is 15.0. The molecule has 0 spiro atoms. The molecule has 1 atom stereocenters. The fraction of sp³-hybridized carbons (Fsp3) is 0.136. The van der Waals surface area contributed by atoms with Gasteiger partial charge in [0.1, 0.15) is 12.7 Å². The van der Waals surface area contributed by atoms with Gasteiger partial charge in [0, 0.05) is 0 Å². The van der Waals surface area contributed by atoms with E-state index >= 15 is 0 Å². The molecule has 4 aromatic rings. The molecule has 0 aliphatic rings. The van der Waals surface area contributed by atoms with Gasteiger partial charge in [-0.25, -0.2) is 9.67 Å². The van der Waals surface area contributed by atoms with Gasteiger partial charge in [-0.3, -0.25) is 4.79 Å². The molecule has 3 aromatic carbocycles. The van der Waals surface area contributed by atoms with Crippen LogP contribution in [-0.2, 0) is 11.2 Å². The summed E-state index contributed by atoms with van der Waals surface area (Å²) in [7, 11) is 0. The zero-order chi connectivity index (χ0) is 18.6. The number of carbonyl (C=O) groups is 1. The van der Waals surface area contributed by atoms with Crippen LogP contribution in [0.4, 0.5) is 0 Å². The third-order valence-electron chi connectivity index (χ3n) is 4.63. The van der Waals surface area contributed by atoms with Crippen molar-refractivity contribution in [1.82, 2.24) is 20.1 Å². The van der Waals surface area contributed by atoms with Crippen LogP contribution in [0.15, 0.2) is 79.4 Å². The van der Waals surface area contributed by atoms with Crippen molar-refractivity contribution in [2.24, 2.45) is 0 Å². The lowest BCUT2D eigenvalue weighted by Crippen LogP contribution is -2.28. The van der Waals surface area contributed by atoms with Gasteiger partial charge in [-0.15, -0.1) is 0 Å². The number of rotatable bonds is 5. The molecule has 5 heteroatoms. The number of fused-ring (bicyclic) bond motifs is 1. The molecule has 0 aliphatic heterocycles. The molecule has 0 bridgehead atoms. The van der Waals surface area contributed by atoms with Gasteiger partial charge in [0.25, 0.3) is 0 Å². The molecule has 0 aliphatic carbocycles. The normalized spacial score (nSPS) is 12.0. The zero-order valence-corrected chi connectivity index (χ0v) is 15.0. The summed E-state index contributed by atoms with van der Waals surface area (Å²) in [6, 6.07) is 22.2. The van der Waals surface area contributed by atoms with Crippen molar-refractivity contribution in [3.05, 3.63) is 90.5 Å². The largest absolute Gasteiger partial charge is 0.349 e. The van der Waals surface area contributed by atoms with Crippen LogP contribution < -0.4 is 5.32 Å². The Kier molecular flexibility index (Phi) is 4.66. The quantitative estimate of drug-likeness (QED) is 0.591. The van der Waals surface area contributed by atoms with Crippen LogP contribution in [0.2, 0.25) is 0 Å². The van der Waals surface area contributed by atoms with Crippen molar-refractivity contribution in [3.63, 3.8) is 0 Å². The fourth-order valence-electron chi connectivity index (χ4n) is 3.17. The number of nitrogens with one attached hydrogen (secondary N) is 1. The summed E-state index contributed by atoms with van der Waals surface area (Å²) >= 11 is 0. The molecule has 1 amide bonds.